The number of hydrogen-bond donors (Lipinski definition) is 0. The lowest BCUT2D eigenvalue weighted by atomic mass is 10.2. The second-order valence-corrected chi connectivity index (χ2v) is 10.3. The lowest BCUT2D eigenvalue weighted by molar-refractivity contribution is -0.130. The van der Waals surface area contributed by atoms with Crippen LogP contribution in [-0.4, -0.2) is 57.0 Å². The maximum absolute atomic E-state index is 13.2. The number of ether oxygens (including phenoxy) is 1. The summed E-state index contributed by atoms with van der Waals surface area (Å²) in [5, 5.41) is 9.92. The Balaban J connectivity index is 1.20. The van der Waals surface area contributed by atoms with Crippen LogP contribution in [0.4, 0.5) is 5.69 Å². The number of piperazine rings is 1. The molecule has 0 radical (unpaired) electrons. The van der Waals surface area contributed by atoms with E-state index in [0.717, 1.165) is 50.0 Å². The SMILES string of the molecule is CC(Sc1nnc(COc2ccccc2Cl)n1C1CC1)C(=O)N1CCN(c2ccccc2)CC1. The number of rotatable bonds is 8. The fraction of sp³-hybridized carbons (Fsp3) is 0.400. The first-order chi connectivity index (χ1) is 16.6. The van der Waals surface area contributed by atoms with E-state index in [1.807, 2.05) is 36.1 Å². The number of amides is 1. The minimum atomic E-state index is -0.234. The van der Waals surface area contributed by atoms with Gasteiger partial charge in [-0.25, -0.2) is 0 Å². The third-order valence-electron chi connectivity index (χ3n) is 6.18. The third-order valence-corrected chi connectivity index (χ3v) is 7.54. The van der Waals surface area contributed by atoms with Gasteiger partial charge in [-0.05, 0) is 44.0 Å². The van der Waals surface area contributed by atoms with Crippen LogP contribution in [0.3, 0.4) is 0 Å². The van der Waals surface area contributed by atoms with Crippen molar-refractivity contribution in [2.24, 2.45) is 0 Å². The van der Waals surface area contributed by atoms with Crippen molar-refractivity contribution >= 4 is 35.0 Å². The summed E-state index contributed by atoms with van der Waals surface area (Å²) in [4.78, 5) is 17.5. The molecular formula is C25H28ClN5O2S. The summed E-state index contributed by atoms with van der Waals surface area (Å²) in [5.41, 5.74) is 1.21. The molecule has 1 unspecified atom stereocenters. The van der Waals surface area contributed by atoms with Gasteiger partial charge in [-0.3, -0.25) is 9.36 Å². The molecule has 0 N–H and O–H groups in total. The number of benzene rings is 2. The molecule has 1 amide bonds. The van der Waals surface area contributed by atoms with E-state index in [4.69, 9.17) is 16.3 Å². The zero-order valence-corrected chi connectivity index (χ0v) is 20.7. The minimum absolute atomic E-state index is 0.150. The predicted octanol–water partition coefficient (Wildman–Crippen LogP) is 4.67. The molecule has 1 saturated heterocycles. The Bertz CT molecular complexity index is 1130. The van der Waals surface area contributed by atoms with Gasteiger partial charge in [0, 0.05) is 37.9 Å². The van der Waals surface area contributed by atoms with Gasteiger partial charge in [-0.1, -0.05) is 53.7 Å². The highest BCUT2D eigenvalue weighted by Crippen LogP contribution is 2.40. The van der Waals surface area contributed by atoms with Crippen molar-refractivity contribution in [1.82, 2.24) is 19.7 Å². The molecule has 1 aliphatic heterocycles. The third kappa shape index (κ3) is 5.18. The number of carbonyl (C=O) groups excluding carboxylic acids is 1. The smallest absolute Gasteiger partial charge is 0.236 e. The Hall–Kier alpha value is -2.71. The van der Waals surface area contributed by atoms with Gasteiger partial charge in [0.25, 0.3) is 0 Å². The average Bonchev–Trinajstić information content (AvgIpc) is 3.64. The molecule has 2 heterocycles. The highest BCUT2D eigenvalue weighted by atomic mass is 35.5. The van der Waals surface area contributed by atoms with Crippen molar-refractivity contribution in [3.05, 3.63) is 65.4 Å². The number of carbonyl (C=O) groups is 1. The Kier molecular flexibility index (Phi) is 6.97. The number of aromatic nitrogens is 3. The van der Waals surface area contributed by atoms with Crippen LogP contribution < -0.4 is 9.64 Å². The summed E-state index contributed by atoms with van der Waals surface area (Å²) in [6.45, 7) is 5.39. The Morgan fingerprint density at radius 2 is 1.76 bits per heavy atom. The highest BCUT2D eigenvalue weighted by molar-refractivity contribution is 8.00. The highest BCUT2D eigenvalue weighted by Gasteiger charge is 2.32. The summed E-state index contributed by atoms with van der Waals surface area (Å²) in [7, 11) is 0. The van der Waals surface area contributed by atoms with Crippen molar-refractivity contribution in [1.29, 1.82) is 0 Å². The van der Waals surface area contributed by atoms with Gasteiger partial charge >= 0.3 is 0 Å². The molecule has 3 aromatic rings. The molecule has 1 aliphatic carbocycles. The molecule has 34 heavy (non-hydrogen) atoms. The molecule has 1 saturated carbocycles. The summed E-state index contributed by atoms with van der Waals surface area (Å²) in [6, 6.07) is 18.1. The van der Waals surface area contributed by atoms with E-state index >= 15 is 0 Å². The predicted molar refractivity (Wildman–Crippen MR) is 135 cm³/mol. The summed E-state index contributed by atoms with van der Waals surface area (Å²) in [5.74, 6) is 1.54. The number of halogens is 1. The average molecular weight is 498 g/mol. The Morgan fingerprint density at radius 3 is 2.47 bits per heavy atom. The first-order valence-corrected chi connectivity index (χ1v) is 12.9. The topological polar surface area (TPSA) is 63.5 Å². The van der Waals surface area contributed by atoms with Gasteiger partial charge in [0.2, 0.25) is 5.91 Å². The number of thioether (sulfide) groups is 1. The second-order valence-electron chi connectivity index (χ2n) is 8.63. The van der Waals surface area contributed by atoms with E-state index in [1.54, 1.807) is 6.07 Å². The molecular weight excluding hydrogens is 470 g/mol. The van der Waals surface area contributed by atoms with Crippen LogP contribution in [0.25, 0.3) is 0 Å². The fourth-order valence-electron chi connectivity index (χ4n) is 4.18. The van der Waals surface area contributed by atoms with E-state index in [9.17, 15) is 4.79 Å². The van der Waals surface area contributed by atoms with Gasteiger partial charge in [0.15, 0.2) is 11.0 Å². The second kappa shape index (κ2) is 10.3. The van der Waals surface area contributed by atoms with Crippen LogP contribution in [0.2, 0.25) is 5.02 Å². The van der Waals surface area contributed by atoms with Crippen molar-refractivity contribution in [2.45, 2.75) is 42.8 Å². The molecule has 2 aliphatic rings. The number of anilines is 1. The number of hydrogen-bond acceptors (Lipinski definition) is 6. The van der Waals surface area contributed by atoms with Crippen molar-refractivity contribution in [3.63, 3.8) is 0 Å². The molecule has 1 atom stereocenters. The first-order valence-electron chi connectivity index (χ1n) is 11.7. The molecule has 0 bridgehead atoms. The molecule has 5 rings (SSSR count). The molecule has 1 aromatic heterocycles. The first kappa shape index (κ1) is 23.1. The van der Waals surface area contributed by atoms with E-state index < -0.39 is 0 Å². The molecule has 178 valence electrons. The standard InChI is InChI=1S/C25H28ClN5O2S/c1-18(24(32)30-15-13-29(14-16-30)19-7-3-2-4-8-19)34-25-28-27-23(31(25)20-11-12-20)17-33-22-10-6-5-9-21(22)26/h2-10,18,20H,11-17H2,1H3. The summed E-state index contributed by atoms with van der Waals surface area (Å²) in [6.07, 6.45) is 2.18. The van der Waals surface area contributed by atoms with E-state index in [0.29, 0.717) is 16.8 Å². The van der Waals surface area contributed by atoms with Crippen molar-refractivity contribution in [3.8, 4) is 5.75 Å². The maximum atomic E-state index is 13.2. The van der Waals surface area contributed by atoms with Crippen molar-refractivity contribution in [2.75, 3.05) is 31.1 Å². The lowest BCUT2D eigenvalue weighted by Gasteiger charge is -2.37. The van der Waals surface area contributed by atoms with Gasteiger partial charge in [-0.2, -0.15) is 0 Å². The van der Waals surface area contributed by atoms with E-state index in [2.05, 4.69) is 43.9 Å². The van der Waals surface area contributed by atoms with E-state index in [-0.39, 0.29) is 17.8 Å². The molecule has 9 heteroatoms. The molecule has 2 aromatic carbocycles. The maximum Gasteiger partial charge on any atom is 0.236 e. The Labute approximate surface area is 209 Å². The van der Waals surface area contributed by atoms with Crippen LogP contribution in [0, 0.1) is 0 Å². The summed E-state index contributed by atoms with van der Waals surface area (Å²) < 4.78 is 8.04. The fourth-order valence-corrected chi connectivity index (χ4v) is 5.39. The van der Waals surface area contributed by atoms with Crippen molar-refractivity contribution < 1.29 is 9.53 Å². The zero-order chi connectivity index (χ0) is 23.5. The molecule has 0 spiro atoms. The van der Waals surface area contributed by atoms with Gasteiger partial charge in [-0.15, -0.1) is 10.2 Å². The monoisotopic (exact) mass is 497 g/mol. The normalized spacial score (nSPS) is 17.0. The summed E-state index contributed by atoms with van der Waals surface area (Å²) >= 11 is 7.70. The van der Waals surface area contributed by atoms with Gasteiger partial charge < -0.3 is 14.5 Å². The zero-order valence-electron chi connectivity index (χ0n) is 19.1. The largest absolute Gasteiger partial charge is 0.484 e. The minimum Gasteiger partial charge on any atom is -0.484 e. The number of para-hydroxylation sites is 2. The van der Waals surface area contributed by atoms with Crippen LogP contribution in [0.15, 0.2) is 59.8 Å². The number of nitrogens with zero attached hydrogens (tertiary/aromatic N) is 5. The van der Waals surface area contributed by atoms with Crippen LogP contribution in [0.1, 0.15) is 31.6 Å². The quantitative estimate of drug-likeness (QED) is 0.421. The van der Waals surface area contributed by atoms with E-state index in [1.165, 1.54) is 17.4 Å². The molecule has 2 fully saturated rings. The van der Waals surface area contributed by atoms with Crippen LogP contribution >= 0.6 is 23.4 Å². The Morgan fingerprint density at radius 1 is 1.06 bits per heavy atom. The van der Waals surface area contributed by atoms with Gasteiger partial charge in [0.1, 0.15) is 12.4 Å². The lowest BCUT2D eigenvalue weighted by Crippen LogP contribution is -2.50. The van der Waals surface area contributed by atoms with Crippen LogP contribution in [-0.2, 0) is 11.4 Å². The van der Waals surface area contributed by atoms with Crippen LogP contribution in [0.5, 0.6) is 5.75 Å². The van der Waals surface area contributed by atoms with Gasteiger partial charge in [0.05, 0.1) is 10.3 Å². The molecule has 7 nitrogen and oxygen atoms in total.